The van der Waals surface area contributed by atoms with Crippen molar-refractivity contribution in [1.82, 2.24) is 9.97 Å². The molecule has 0 atom stereocenters. The summed E-state index contributed by atoms with van der Waals surface area (Å²) in [6.45, 7) is 1.84. The molecule has 1 aliphatic heterocycles. The Labute approximate surface area is 144 Å². The average Bonchev–Trinajstić information content (AvgIpc) is 3.09. The van der Waals surface area contributed by atoms with E-state index >= 15 is 0 Å². The van der Waals surface area contributed by atoms with E-state index in [0.717, 1.165) is 4.31 Å². The molecule has 11 heteroatoms. The van der Waals surface area contributed by atoms with E-state index in [-0.39, 0.29) is 17.4 Å². The summed E-state index contributed by atoms with van der Waals surface area (Å²) in [6.07, 6.45) is 1.31. The number of aryl methyl sites for hydroxylation is 1. The molecule has 1 aromatic heterocycles. The van der Waals surface area contributed by atoms with Crippen LogP contribution in [-0.2, 0) is 10.0 Å². The molecule has 0 spiro atoms. The first kappa shape index (κ1) is 16.9. The van der Waals surface area contributed by atoms with E-state index in [4.69, 9.17) is 5.73 Å². The fourth-order valence-electron chi connectivity index (χ4n) is 2.19. The largest absolute Gasteiger partial charge is 0.399 e. The Morgan fingerprint density at radius 2 is 1.80 bits per heavy atom. The second kappa shape index (κ2) is 6.89. The third-order valence-electron chi connectivity index (χ3n) is 3.47. The van der Waals surface area contributed by atoms with Gasteiger partial charge in [-0.1, -0.05) is 0 Å². The van der Waals surface area contributed by atoms with Crippen LogP contribution >= 0.6 is 0 Å². The molecule has 130 valence electrons. The van der Waals surface area contributed by atoms with E-state index in [2.05, 4.69) is 30.6 Å². The Balaban J connectivity index is 1.95. The van der Waals surface area contributed by atoms with Crippen LogP contribution in [-0.4, -0.2) is 31.1 Å². The average molecular weight is 360 g/mol. The van der Waals surface area contributed by atoms with Gasteiger partial charge in [-0.25, -0.2) is 22.7 Å². The molecule has 2 heterocycles. The molecule has 0 fully saturated rings. The summed E-state index contributed by atoms with van der Waals surface area (Å²) >= 11 is 0. The summed E-state index contributed by atoms with van der Waals surface area (Å²) in [5.41, 5.74) is 6.77. The molecule has 10 nitrogen and oxygen atoms in total. The third kappa shape index (κ3) is 3.76. The molecule has 0 saturated carbocycles. The van der Waals surface area contributed by atoms with Gasteiger partial charge in [0.1, 0.15) is 0 Å². The first-order valence-electron chi connectivity index (χ1n) is 7.45. The first-order chi connectivity index (χ1) is 12.0. The topological polar surface area (TPSA) is 139 Å². The van der Waals surface area contributed by atoms with Crippen LogP contribution in [0.3, 0.4) is 0 Å². The molecule has 2 N–H and O–H groups in total. The van der Waals surface area contributed by atoms with Crippen LogP contribution in [0.5, 0.6) is 0 Å². The van der Waals surface area contributed by atoms with E-state index in [0.29, 0.717) is 17.8 Å². The smallest absolute Gasteiger partial charge is 0.266 e. The highest BCUT2D eigenvalue weighted by Crippen LogP contribution is 2.23. The Morgan fingerprint density at radius 1 is 1.12 bits per heavy atom. The van der Waals surface area contributed by atoms with Crippen molar-refractivity contribution < 1.29 is 8.42 Å². The van der Waals surface area contributed by atoms with Gasteiger partial charge in [0.15, 0.2) is 6.17 Å². The summed E-state index contributed by atoms with van der Waals surface area (Å²) in [7, 11) is -3.87. The molecule has 0 unspecified atom stereocenters. The van der Waals surface area contributed by atoms with Crippen LogP contribution in [0.25, 0.3) is 0 Å². The number of hydrogen-bond acceptors (Lipinski definition) is 9. The maximum Gasteiger partial charge on any atom is 0.266 e. The van der Waals surface area contributed by atoms with Crippen molar-refractivity contribution in [2.45, 2.75) is 24.4 Å². The number of rotatable bonds is 6. The molecule has 0 bridgehead atoms. The Hall–Kier alpha value is -2.95. The number of hydrogen-bond donors (Lipinski definition) is 1. The number of anilines is 2. The summed E-state index contributed by atoms with van der Waals surface area (Å²) in [5.74, 6) is 0.0868. The maximum atomic E-state index is 13.1. The number of nitrogens with zero attached hydrogens (tertiary/aromatic N) is 7. The number of sulfonamides is 1. The van der Waals surface area contributed by atoms with Crippen molar-refractivity contribution >= 4 is 21.7 Å². The summed E-state index contributed by atoms with van der Waals surface area (Å²) in [4.78, 5) is 8.43. The first-order valence-corrected chi connectivity index (χ1v) is 8.89. The van der Waals surface area contributed by atoms with Crippen molar-refractivity contribution in [2.75, 3.05) is 16.6 Å². The van der Waals surface area contributed by atoms with E-state index in [9.17, 15) is 8.42 Å². The molecule has 1 aliphatic rings. The predicted octanol–water partition coefficient (Wildman–Crippen LogP) is 2.11. The molecule has 0 saturated heterocycles. The van der Waals surface area contributed by atoms with Crippen LogP contribution in [0.4, 0.5) is 11.6 Å². The van der Waals surface area contributed by atoms with Gasteiger partial charge in [-0.3, -0.25) is 0 Å². The molecular weight excluding hydrogens is 344 g/mol. The Bertz CT molecular complexity index is 899. The molecule has 1 aromatic carbocycles. The van der Waals surface area contributed by atoms with Crippen molar-refractivity contribution in [3.05, 3.63) is 42.2 Å². The van der Waals surface area contributed by atoms with Gasteiger partial charge in [-0.05, 0) is 47.7 Å². The minimum Gasteiger partial charge on any atom is -0.399 e. The van der Waals surface area contributed by atoms with Crippen LogP contribution < -0.4 is 10.0 Å². The van der Waals surface area contributed by atoms with Gasteiger partial charge in [0, 0.05) is 30.5 Å². The lowest BCUT2D eigenvalue weighted by atomic mass is 10.3. The lowest BCUT2D eigenvalue weighted by Crippen LogP contribution is -2.34. The number of nitrogens with two attached hydrogens (primary N) is 1. The van der Waals surface area contributed by atoms with Crippen LogP contribution in [0, 0.1) is 6.92 Å². The summed E-state index contributed by atoms with van der Waals surface area (Å²) < 4.78 is 27.2. The van der Waals surface area contributed by atoms with Crippen molar-refractivity contribution in [2.24, 2.45) is 20.7 Å². The number of benzene rings is 1. The van der Waals surface area contributed by atoms with Gasteiger partial charge in [0.2, 0.25) is 5.95 Å². The Kier molecular flexibility index (Phi) is 4.65. The van der Waals surface area contributed by atoms with Gasteiger partial charge in [0.05, 0.1) is 4.90 Å². The molecular formula is C14H16N8O2S. The standard InChI is InChI=1S/C14H16N8O2S/c1-10-6-8-16-14(17-10)22(9-7-13-18-20-21-19-13)25(23,24)12-4-2-11(15)3-5-12/h2-6,8,13H,7,9,15H2,1H3. The SMILES string of the molecule is Cc1ccnc(N(CCC2N=NN=N2)S(=O)(=O)c2ccc(N)cc2)n1. The van der Waals surface area contributed by atoms with Crippen molar-refractivity contribution in [3.8, 4) is 0 Å². The lowest BCUT2D eigenvalue weighted by Gasteiger charge is -2.22. The van der Waals surface area contributed by atoms with Crippen molar-refractivity contribution in [1.29, 1.82) is 0 Å². The lowest BCUT2D eigenvalue weighted by molar-refractivity contribution is 0.579. The number of nitrogen functional groups attached to an aromatic ring is 1. The highest BCUT2D eigenvalue weighted by molar-refractivity contribution is 7.92. The fourth-order valence-corrected chi connectivity index (χ4v) is 3.57. The van der Waals surface area contributed by atoms with E-state index in [1.165, 1.54) is 30.5 Å². The molecule has 0 amide bonds. The highest BCUT2D eigenvalue weighted by Gasteiger charge is 2.28. The highest BCUT2D eigenvalue weighted by atomic mass is 32.2. The van der Waals surface area contributed by atoms with Crippen molar-refractivity contribution in [3.63, 3.8) is 0 Å². The van der Waals surface area contributed by atoms with E-state index < -0.39 is 16.2 Å². The van der Waals surface area contributed by atoms with Gasteiger partial charge in [-0.15, -0.1) is 10.2 Å². The minimum atomic E-state index is -3.87. The second-order valence-corrected chi connectivity index (χ2v) is 7.19. The summed E-state index contributed by atoms with van der Waals surface area (Å²) in [6, 6.07) is 7.64. The molecule has 0 radical (unpaired) electrons. The zero-order valence-corrected chi connectivity index (χ0v) is 14.2. The zero-order valence-electron chi connectivity index (χ0n) is 13.4. The summed E-state index contributed by atoms with van der Waals surface area (Å²) in [5, 5.41) is 14.5. The van der Waals surface area contributed by atoms with Crippen LogP contribution in [0.1, 0.15) is 12.1 Å². The van der Waals surface area contributed by atoms with E-state index in [1.54, 1.807) is 13.0 Å². The Morgan fingerprint density at radius 3 is 2.44 bits per heavy atom. The maximum absolute atomic E-state index is 13.1. The van der Waals surface area contributed by atoms with Crippen LogP contribution in [0.2, 0.25) is 0 Å². The zero-order chi connectivity index (χ0) is 17.9. The predicted molar refractivity (Wildman–Crippen MR) is 90.3 cm³/mol. The van der Waals surface area contributed by atoms with Gasteiger partial charge in [0.25, 0.3) is 10.0 Å². The van der Waals surface area contributed by atoms with Crippen LogP contribution in [0.15, 0.2) is 62.1 Å². The third-order valence-corrected chi connectivity index (χ3v) is 5.27. The minimum absolute atomic E-state index is 0.0822. The second-order valence-electron chi connectivity index (χ2n) is 5.32. The normalized spacial score (nSPS) is 14.1. The molecule has 2 aromatic rings. The van der Waals surface area contributed by atoms with Gasteiger partial charge < -0.3 is 5.73 Å². The number of aromatic nitrogens is 2. The van der Waals surface area contributed by atoms with Gasteiger partial charge >= 0.3 is 0 Å². The molecule has 3 rings (SSSR count). The molecule has 25 heavy (non-hydrogen) atoms. The molecule has 0 aliphatic carbocycles. The quantitative estimate of drug-likeness (QED) is 0.786. The monoisotopic (exact) mass is 360 g/mol. The van der Waals surface area contributed by atoms with E-state index in [1.807, 2.05) is 0 Å². The van der Waals surface area contributed by atoms with Gasteiger partial charge in [-0.2, -0.15) is 0 Å². The fraction of sp³-hybridized carbons (Fsp3) is 0.286.